The molecule has 0 bridgehead atoms. The zero-order chi connectivity index (χ0) is 24.9. The summed E-state index contributed by atoms with van der Waals surface area (Å²) in [5.41, 5.74) is 6.62. The Balaban J connectivity index is 1.24. The molecule has 1 amide bonds. The van der Waals surface area contributed by atoms with Crippen LogP contribution in [0.25, 0.3) is 11.4 Å². The molecule has 36 heavy (non-hydrogen) atoms. The van der Waals surface area contributed by atoms with Gasteiger partial charge in [-0.1, -0.05) is 5.16 Å². The molecule has 0 aliphatic carbocycles. The van der Waals surface area contributed by atoms with Crippen LogP contribution in [-0.4, -0.2) is 73.4 Å². The number of rotatable bonds is 8. The Labute approximate surface area is 213 Å². The second-order valence-corrected chi connectivity index (χ2v) is 10.8. The Bertz CT molecular complexity index is 988. The Hall–Kier alpha value is -2.65. The fourth-order valence-corrected chi connectivity index (χ4v) is 6.27. The Morgan fingerprint density at radius 3 is 2.81 bits per heavy atom. The molecule has 9 heteroatoms. The van der Waals surface area contributed by atoms with Gasteiger partial charge in [0.2, 0.25) is 11.7 Å². The minimum absolute atomic E-state index is 0.0915. The number of primary amides is 1. The number of aromatic nitrogens is 2. The number of benzene rings is 1. The van der Waals surface area contributed by atoms with Gasteiger partial charge in [0.25, 0.3) is 0 Å². The average molecular weight is 497 g/mol. The van der Waals surface area contributed by atoms with Gasteiger partial charge in [0.05, 0.1) is 7.11 Å². The summed E-state index contributed by atoms with van der Waals surface area (Å²) in [5.74, 6) is 2.48. The lowest BCUT2D eigenvalue weighted by atomic mass is 9.85. The molecule has 1 aromatic carbocycles. The SMILES string of the molecule is COc1ccc(-c2noc(N3CCC(C(N)=O)CC3CC3CCN(CC4CCCNCC4)C3)n2)cc1. The van der Waals surface area contributed by atoms with Gasteiger partial charge in [0.15, 0.2) is 0 Å². The first-order chi connectivity index (χ1) is 17.6. The molecule has 3 aliphatic heterocycles. The topological polar surface area (TPSA) is 110 Å². The summed E-state index contributed by atoms with van der Waals surface area (Å²) >= 11 is 0. The minimum Gasteiger partial charge on any atom is -0.497 e. The molecular formula is C27H40N6O3. The third kappa shape index (κ3) is 6.00. The third-order valence-electron chi connectivity index (χ3n) is 8.31. The van der Waals surface area contributed by atoms with Gasteiger partial charge in [-0.3, -0.25) is 4.79 Å². The molecule has 3 N–H and O–H groups in total. The molecule has 3 aliphatic rings. The number of nitrogens with one attached hydrogen (secondary N) is 1. The van der Waals surface area contributed by atoms with Crippen LogP contribution >= 0.6 is 0 Å². The summed E-state index contributed by atoms with van der Waals surface area (Å²) < 4.78 is 11.0. The lowest BCUT2D eigenvalue weighted by Crippen LogP contribution is -2.47. The summed E-state index contributed by atoms with van der Waals surface area (Å²) in [6.45, 7) is 6.53. The molecule has 3 saturated heterocycles. The van der Waals surface area contributed by atoms with Crippen molar-refractivity contribution in [3.05, 3.63) is 24.3 Å². The van der Waals surface area contributed by atoms with Crippen molar-refractivity contribution in [2.45, 2.75) is 51.0 Å². The second-order valence-electron chi connectivity index (χ2n) is 10.8. The highest BCUT2D eigenvalue weighted by Gasteiger charge is 2.37. The number of likely N-dealkylation sites (tertiary alicyclic amines) is 1. The molecule has 4 atom stereocenters. The van der Waals surface area contributed by atoms with Gasteiger partial charge in [0.1, 0.15) is 5.75 Å². The van der Waals surface area contributed by atoms with Crippen molar-refractivity contribution < 1.29 is 14.1 Å². The second kappa shape index (κ2) is 11.6. The van der Waals surface area contributed by atoms with Crippen LogP contribution in [-0.2, 0) is 4.79 Å². The first kappa shape index (κ1) is 25.0. The smallest absolute Gasteiger partial charge is 0.324 e. The van der Waals surface area contributed by atoms with E-state index in [4.69, 9.17) is 20.0 Å². The van der Waals surface area contributed by atoms with Gasteiger partial charge in [-0.15, -0.1) is 0 Å². The number of nitrogens with two attached hydrogens (primary N) is 1. The first-order valence-corrected chi connectivity index (χ1v) is 13.6. The average Bonchev–Trinajstić information content (AvgIpc) is 3.48. The number of carbonyl (C=O) groups excluding carboxylic acids is 1. The number of nitrogens with zero attached hydrogens (tertiary/aromatic N) is 4. The van der Waals surface area contributed by atoms with Crippen LogP contribution < -0.4 is 20.7 Å². The Morgan fingerprint density at radius 2 is 2.00 bits per heavy atom. The summed E-state index contributed by atoms with van der Waals surface area (Å²) in [7, 11) is 1.65. The number of piperidine rings is 1. The third-order valence-corrected chi connectivity index (χ3v) is 8.31. The van der Waals surface area contributed by atoms with Gasteiger partial charge in [-0.25, -0.2) is 0 Å². The van der Waals surface area contributed by atoms with Crippen molar-refractivity contribution >= 4 is 11.9 Å². The highest BCUT2D eigenvalue weighted by molar-refractivity contribution is 5.77. The number of methoxy groups -OCH3 is 1. The van der Waals surface area contributed by atoms with E-state index in [0.29, 0.717) is 24.3 Å². The van der Waals surface area contributed by atoms with E-state index in [1.165, 1.54) is 38.8 Å². The molecule has 196 valence electrons. The van der Waals surface area contributed by atoms with Crippen molar-refractivity contribution in [1.29, 1.82) is 0 Å². The molecule has 4 heterocycles. The molecule has 0 radical (unpaired) electrons. The van der Waals surface area contributed by atoms with Gasteiger partial charge in [-0.05, 0) is 101 Å². The largest absolute Gasteiger partial charge is 0.497 e. The van der Waals surface area contributed by atoms with Crippen molar-refractivity contribution in [2.75, 3.05) is 51.3 Å². The van der Waals surface area contributed by atoms with Crippen LogP contribution in [0.5, 0.6) is 5.75 Å². The van der Waals surface area contributed by atoms with Gasteiger partial charge >= 0.3 is 6.01 Å². The number of anilines is 1. The highest BCUT2D eigenvalue weighted by Crippen LogP contribution is 2.34. The number of hydrogen-bond acceptors (Lipinski definition) is 8. The van der Waals surface area contributed by atoms with E-state index in [0.717, 1.165) is 56.1 Å². The summed E-state index contributed by atoms with van der Waals surface area (Å²) in [4.78, 5) is 21.7. The van der Waals surface area contributed by atoms with E-state index in [9.17, 15) is 4.79 Å². The molecule has 0 saturated carbocycles. The van der Waals surface area contributed by atoms with Gasteiger partial charge in [0, 0.05) is 37.2 Å². The van der Waals surface area contributed by atoms with Crippen molar-refractivity contribution in [2.24, 2.45) is 23.5 Å². The zero-order valence-corrected chi connectivity index (χ0v) is 21.4. The molecule has 9 nitrogen and oxygen atoms in total. The molecule has 1 aromatic heterocycles. The normalized spacial score (nSPS) is 27.6. The van der Waals surface area contributed by atoms with Gasteiger partial charge < -0.3 is 30.1 Å². The van der Waals surface area contributed by atoms with Crippen molar-refractivity contribution in [3.63, 3.8) is 0 Å². The molecule has 0 spiro atoms. The molecule has 3 fully saturated rings. The molecule has 4 unspecified atom stereocenters. The van der Waals surface area contributed by atoms with Crippen LogP contribution in [0.15, 0.2) is 28.8 Å². The predicted octanol–water partition coefficient (Wildman–Crippen LogP) is 2.92. The van der Waals surface area contributed by atoms with Crippen LogP contribution in [0.4, 0.5) is 6.01 Å². The fourth-order valence-electron chi connectivity index (χ4n) is 6.27. The number of amides is 1. The maximum Gasteiger partial charge on any atom is 0.324 e. The van der Waals surface area contributed by atoms with E-state index >= 15 is 0 Å². The van der Waals surface area contributed by atoms with E-state index in [-0.39, 0.29) is 17.9 Å². The van der Waals surface area contributed by atoms with E-state index in [1.807, 2.05) is 24.3 Å². The summed E-state index contributed by atoms with van der Waals surface area (Å²) in [6.07, 6.45) is 7.60. The van der Waals surface area contributed by atoms with Crippen molar-refractivity contribution in [3.8, 4) is 17.1 Å². The molecular weight excluding hydrogens is 456 g/mol. The standard InChI is InChI=1S/C27H40N6O3/c1-35-24-6-4-21(5-7-24)26-30-27(36-31-26)33-14-10-22(25(28)34)16-23(33)15-20-9-13-32(18-20)17-19-3-2-11-29-12-8-19/h4-7,19-20,22-23,29H,2-3,8-18H2,1H3,(H2,28,34). The van der Waals surface area contributed by atoms with Crippen LogP contribution in [0.1, 0.15) is 44.9 Å². The van der Waals surface area contributed by atoms with E-state index < -0.39 is 0 Å². The lowest BCUT2D eigenvalue weighted by Gasteiger charge is -2.38. The minimum atomic E-state index is -0.195. The van der Waals surface area contributed by atoms with E-state index in [2.05, 4.69) is 20.3 Å². The number of hydrogen-bond donors (Lipinski definition) is 2. The van der Waals surface area contributed by atoms with Crippen molar-refractivity contribution in [1.82, 2.24) is 20.4 Å². The van der Waals surface area contributed by atoms with Crippen LogP contribution in [0.3, 0.4) is 0 Å². The van der Waals surface area contributed by atoms with Gasteiger partial charge in [-0.2, -0.15) is 4.98 Å². The summed E-state index contributed by atoms with van der Waals surface area (Å²) in [5, 5.41) is 7.78. The maximum atomic E-state index is 12.1. The van der Waals surface area contributed by atoms with Crippen LogP contribution in [0, 0.1) is 17.8 Å². The number of carbonyl (C=O) groups is 1. The van der Waals surface area contributed by atoms with E-state index in [1.54, 1.807) is 7.11 Å². The predicted molar refractivity (Wildman–Crippen MR) is 139 cm³/mol. The first-order valence-electron chi connectivity index (χ1n) is 13.6. The van der Waals surface area contributed by atoms with Crippen LogP contribution in [0.2, 0.25) is 0 Å². The lowest BCUT2D eigenvalue weighted by molar-refractivity contribution is -0.122. The maximum absolute atomic E-state index is 12.1. The fraction of sp³-hybridized carbons (Fsp3) is 0.667. The monoisotopic (exact) mass is 496 g/mol. The summed E-state index contributed by atoms with van der Waals surface area (Å²) in [6, 6.07) is 8.36. The molecule has 5 rings (SSSR count). The Morgan fingerprint density at radius 1 is 1.14 bits per heavy atom. The number of ether oxygens (including phenoxy) is 1. The highest BCUT2D eigenvalue weighted by atomic mass is 16.5. The zero-order valence-electron chi connectivity index (χ0n) is 21.4. The quantitative estimate of drug-likeness (QED) is 0.574. The Kier molecular flexibility index (Phi) is 8.06. The molecule has 2 aromatic rings.